The lowest BCUT2D eigenvalue weighted by Crippen LogP contribution is -2.54. The fourth-order valence-corrected chi connectivity index (χ4v) is 6.41. The van der Waals surface area contributed by atoms with Crippen LogP contribution < -0.4 is 0 Å². The van der Waals surface area contributed by atoms with E-state index in [1.54, 1.807) is 0 Å². The van der Waals surface area contributed by atoms with Gasteiger partial charge in [0.25, 0.3) is 0 Å². The molecule has 2 aromatic carbocycles. The summed E-state index contributed by atoms with van der Waals surface area (Å²) in [6.07, 6.45) is 3.89. The van der Waals surface area contributed by atoms with Gasteiger partial charge in [0.05, 0.1) is 10.8 Å². The summed E-state index contributed by atoms with van der Waals surface area (Å²) in [5.74, 6) is 1.40. The van der Waals surface area contributed by atoms with Gasteiger partial charge in [0.15, 0.2) is 0 Å². The summed E-state index contributed by atoms with van der Waals surface area (Å²) < 4.78 is 0. The van der Waals surface area contributed by atoms with Crippen LogP contribution in [0.2, 0.25) is 0 Å². The number of amides is 2. The average Bonchev–Trinajstić information content (AvgIpc) is 3.22. The van der Waals surface area contributed by atoms with E-state index in [1.807, 2.05) is 53.1 Å². The van der Waals surface area contributed by atoms with E-state index < -0.39 is 0 Å². The minimum absolute atomic E-state index is 0.0740. The largest absolute Gasteiger partial charge is 0.342 e. The third kappa shape index (κ3) is 4.82. The fourth-order valence-electron chi connectivity index (χ4n) is 4.94. The van der Waals surface area contributed by atoms with Gasteiger partial charge in [0.1, 0.15) is 0 Å². The van der Waals surface area contributed by atoms with Crippen molar-refractivity contribution >= 4 is 23.6 Å². The predicted molar refractivity (Wildman–Crippen MR) is 127 cm³/mol. The van der Waals surface area contributed by atoms with Crippen molar-refractivity contribution in [2.24, 2.45) is 0 Å². The van der Waals surface area contributed by atoms with Crippen LogP contribution in [0.4, 0.5) is 0 Å². The number of carbonyl (C=O) groups is 2. The van der Waals surface area contributed by atoms with Crippen molar-refractivity contribution in [2.45, 2.75) is 49.8 Å². The summed E-state index contributed by atoms with van der Waals surface area (Å²) >= 11 is 1.92. The molecule has 2 aliphatic rings. The Labute approximate surface area is 190 Å². The van der Waals surface area contributed by atoms with Gasteiger partial charge in [-0.2, -0.15) is 0 Å². The lowest BCUT2D eigenvalue weighted by atomic mass is 9.93. The van der Waals surface area contributed by atoms with E-state index >= 15 is 0 Å². The Balaban J connectivity index is 1.37. The summed E-state index contributed by atoms with van der Waals surface area (Å²) in [7, 11) is 0. The molecular formula is C26H32N2O2S. The number of hydrogen-bond acceptors (Lipinski definition) is 3. The van der Waals surface area contributed by atoms with Gasteiger partial charge in [-0.05, 0) is 36.8 Å². The molecule has 0 bridgehead atoms. The van der Waals surface area contributed by atoms with Gasteiger partial charge < -0.3 is 9.80 Å². The normalized spacial score (nSPS) is 18.9. The van der Waals surface area contributed by atoms with E-state index in [0.29, 0.717) is 6.42 Å². The first-order valence-corrected chi connectivity index (χ1v) is 12.4. The Hall–Kier alpha value is -2.27. The van der Waals surface area contributed by atoms with E-state index in [0.717, 1.165) is 56.6 Å². The van der Waals surface area contributed by atoms with Gasteiger partial charge in [-0.25, -0.2) is 0 Å². The van der Waals surface area contributed by atoms with E-state index in [2.05, 4.69) is 36.1 Å². The SMILES string of the molecule is CCC(C(=O)N1CCC2(CC1)SCCN2C(=O)CCc1ccccc1)c1ccccc1. The van der Waals surface area contributed by atoms with Crippen molar-refractivity contribution in [3.05, 3.63) is 71.8 Å². The quantitative estimate of drug-likeness (QED) is 0.659. The maximum absolute atomic E-state index is 13.2. The van der Waals surface area contributed by atoms with Crippen molar-refractivity contribution in [1.82, 2.24) is 9.80 Å². The van der Waals surface area contributed by atoms with Crippen LogP contribution in [0.15, 0.2) is 60.7 Å². The second kappa shape index (κ2) is 9.90. The minimum Gasteiger partial charge on any atom is -0.342 e. The summed E-state index contributed by atoms with van der Waals surface area (Å²) in [4.78, 5) is 30.3. The molecule has 1 unspecified atom stereocenters. The number of piperidine rings is 1. The van der Waals surface area contributed by atoms with Crippen LogP contribution in [-0.4, -0.2) is 51.9 Å². The van der Waals surface area contributed by atoms with E-state index in [1.165, 1.54) is 5.56 Å². The number of benzene rings is 2. The molecule has 0 N–H and O–H groups in total. The smallest absolute Gasteiger partial charge is 0.230 e. The zero-order valence-corrected chi connectivity index (χ0v) is 19.2. The minimum atomic E-state index is -0.126. The van der Waals surface area contributed by atoms with E-state index in [-0.39, 0.29) is 22.6 Å². The Morgan fingerprint density at radius 1 is 0.968 bits per heavy atom. The van der Waals surface area contributed by atoms with Gasteiger partial charge in [-0.1, -0.05) is 67.6 Å². The number of likely N-dealkylation sites (tertiary alicyclic amines) is 1. The summed E-state index contributed by atoms with van der Waals surface area (Å²) in [5, 5.41) is 0. The zero-order valence-electron chi connectivity index (χ0n) is 18.3. The topological polar surface area (TPSA) is 40.6 Å². The summed E-state index contributed by atoms with van der Waals surface area (Å²) in [6, 6.07) is 20.3. The molecule has 2 aliphatic heterocycles. The highest BCUT2D eigenvalue weighted by atomic mass is 32.2. The Kier molecular flexibility index (Phi) is 7.01. The monoisotopic (exact) mass is 436 g/mol. The van der Waals surface area contributed by atoms with Crippen LogP contribution in [0.3, 0.4) is 0 Å². The highest BCUT2D eigenvalue weighted by molar-refractivity contribution is 8.00. The molecule has 1 spiro atoms. The number of thioether (sulfide) groups is 1. The molecule has 0 aliphatic carbocycles. The third-order valence-electron chi connectivity index (χ3n) is 6.71. The van der Waals surface area contributed by atoms with Gasteiger partial charge in [0, 0.05) is 31.8 Å². The average molecular weight is 437 g/mol. The van der Waals surface area contributed by atoms with Crippen molar-refractivity contribution in [2.75, 3.05) is 25.4 Å². The van der Waals surface area contributed by atoms with Gasteiger partial charge in [-0.15, -0.1) is 11.8 Å². The summed E-state index contributed by atoms with van der Waals surface area (Å²) in [5.41, 5.74) is 2.31. The van der Waals surface area contributed by atoms with Gasteiger partial charge in [0.2, 0.25) is 11.8 Å². The van der Waals surface area contributed by atoms with Crippen molar-refractivity contribution in [1.29, 1.82) is 0 Å². The zero-order chi connectivity index (χ0) is 21.7. The Morgan fingerprint density at radius 3 is 2.26 bits per heavy atom. The molecule has 2 fully saturated rings. The molecule has 0 aromatic heterocycles. The van der Waals surface area contributed by atoms with Crippen LogP contribution in [-0.2, 0) is 16.0 Å². The number of aryl methyl sites for hydroxylation is 1. The van der Waals surface area contributed by atoms with Crippen LogP contribution in [0.25, 0.3) is 0 Å². The second-order valence-electron chi connectivity index (χ2n) is 8.52. The molecule has 2 aromatic rings. The van der Waals surface area contributed by atoms with Crippen LogP contribution >= 0.6 is 11.8 Å². The molecule has 4 rings (SSSR count). The maximum Gasteiger partial charge on any atom is 0.230 e. The van der Waals surface area contributed by atoms with Crippen molar-refractivity contribution < 1.29 is 9.59 Å². The maximum atomic E-state index is 13.2. The number of rotatable bonds is 6. The van der Waals surface area contributed by atoms with E-state index in [4.69, 9.17) is 0 Å². The molecule has 164 valence electrons. The summed E-state index contributed by atoms with van der Waals surface area (Å²) in [6.45, 7) is 4.38. The first kappa shape index (κ1) is 21.9. The third-order valence-corrected chi connectivity index (χ3v) is 8.27. The lowest BCUT2D eigenvalue weighted by molar-refractivity contribution is -0.138. The number of hydrogen-bond donors (Lipinski definition) is 0. The standard InChI is InChI=1S/C26H32N2O2S/c1-2-23(22-11-7-4-8-12-22)25(30)27-17-15-26(16-18-27)28(19-20-31-26)24(29)14-13-21-9-5-3-6-10-21/h3-12,23H,2,13-20H2,1H3. The number of carbonyl (C=O) groups excluding carboxylic acids is 2. The fraction of sp³-hybridized carbons (Fsp3) is 0.462. The molecule has 0 radical (unpaired) electrons. The molecule has 2 saturated heterocycles. The van der Waals surface area contributed by atoms with Crippen LogP contribution in [0.5, 0.6) is 0 Å². The first-order chi connectivity index (χ1) is 15.1. The highest BCUT2D eigenvalue weighted by Crippen LogP contribution is 2.44. The van der Waals surface area contributed by atoms with Gasteiger partial charge in [-0.3, -0.25) is 9.59 Å². The Morgan fingerprint density at radius 2 is 1.61 bits per heavy atom. The molecule has 4 nitrogen and oxygen atoms in total. The molecule has 2 heterocycles. The van der Waals surface area contributed by atoms with Gasteiger partial charge >= 0.3 is 0 Å². The highest BCUT2D eigenvalue weighted by Gasteiger charge is 2.47. The van der Waals surface area contributed by atoms with Crippen LogP contribution in [0.1, 0.15) is 49.7 Å². The molecular weight excluding hydrogens is 404 g/mol. The second-order valence-corrected chi connectivity index (χ2v) is 9.98. The Bertz CT molecular complexity index is 879. The predicted octanol–water partition coefficient (Wildman–Crippen LogP) is 4.71. The van der Waals surface area contributed by atoms with E-state index in [9.17, 15) is 9.59 Å². The van der Waals surface area contributed by atoms with Crippen LogP contribution in [0, 0.1) is 0 Å². The molecule has 5 heteroatoms. The molecule has 2 amide bonds. The number of nitrogens with zero attached hydrogens (tertiary/aromatic N) is 2. The molecule has 31 heavy (non-hydrogen) atoms. The van der Waals surface area contributed by atoms with Crippen molar-refractivity contribution in [3.63, 3.8) is 0 Å². The lowest BCUT2D eigenvalue weighted by Gasteiger charge is -2.44. The first-order valence-electron chi connectivity index (χ1n) is 11.4. The molecule has 1 atom stereocenters. The van der Waals surface area contributed by atoms with Crippen molar-refractivity contribution in [3.8, 4) is 0 Å². The molecule has 0 saturated carbocycles.